The summed E-state index contributed by atoms with van der Waals surface area (Å²) in [6.07, 6.45) is 5.53. The molecule has 1 aromatic heterocycles. The van der Waals surface area contributed by atoms with Crippen LogP contribution in [0.5, 0.6) is 0 Å². The van der Waals surface area contributed by atoms with Crippen molar-refractivity contribution >= 4 is 41.5 Å². The van der Waals surface area contributed by atoms with Crippen LogP contribution in [0.15, 0.2) is 47.7 Å². The summed E-state index contributed by atoms with van der Waals surface area (Å²) in [6, 6.07) is 9.79. The third kappa shape index (κ3) is 8.28. The first-order chi connectivity index (χ1) is 13.1. The molecule has 0 aliphatic carbocycles. The summed E-state index contributed by atoms with van der Waals surface area (Å²) in [7, 11) is 1.76. The van der Waals surface area contributed by atoms with Gasteiger partial charge < -0.3 is 16.0 Å². The van der Waals surface area contributed by atoms with Crippen molar-refractivity contribution in [3.05, 3.63) is 48.3 Å². The molecule has 8 heteroatoms. The number of aromatic nitrogens is 2. The van der Waals surface area contributed by atoms with Crippen LogP contribution < -0.4 is 16.0 Å². The minimum absolute atomic E-state index is 0. The highest BCUT2D eigenvalue weighted by Gasteiger charge is 2.10. The van der Waals surface area contributed by atoms with Crippen LogP contribution >= 0.6 is 24.0 Å². The summed E-state index contributed by atoms with van der Waals surface area (Å²) in [5.41, 5.74) is 1.90. The van der Waals surface area contributed by atoms with Gasteiger partial charge in [0.2, 0.25) is 5.91 Å². The van der Waals surface area contributed by atoms with Crippen LogP contribution in [0.25, 0.3) is 0 Å². The average Bonchev–Trinajstić information content (AvgIpc) is 3.20. The summed E-state index contributed by atoms with van der Waals surface area (Å²) in [5, 5.41) is 13.8. The van der Waals surface area contributed by atoms with E-state index in [-0.39, 0.29) is 35.8 Å². The van der Waals surface area contributed by atoms with Gasteiger partial charge in [0.05, 0.1) is 0 Å². The molecule has 2 aromatic rings. The average molecular weight is 498 g/mol. The zero-order chi connectivity index (χ0) is 19.5. The molecule has 0 bridgehead atoms. The van der Waals surface area contributed by atoms with Gasteiger partial charge in [0.1, 0.15) is 0 Å². The van der Waals surface area contributed by atoms with Gasteiger partial charge in [0.25, 0.3) is 0 Å². The molecule has 0 aliphatic heterocycles. The fourth-order valence-electron chi connectivity index (χ4n) is 2.50. The molecule has 1 atom stereocenters. The predicted octanol–water partition coefficient (Wildman–Crippen LogP) is 3.24. The van der Waals surface area contributed by atoms with Gasteiger partial charge >= 0.3 is 0 Å². The number of hydrogen-bond acceptors (Lipinski definition) is 3. The van der Waals surface area contributed by atoms with E-state index in [2.05, 4.69) is 26.0 Å². The van der Waals surface area contributed by atoms with Gasteiger partial charge in [-0.1, -0.05) is 26.0 Å². The molecule has 1 aromatic carbocycles. The number of carbonyl (C=O) groups excluding carboxylic acids is 1. The first-order valence-electron chi connectivity index (χ1n) is 9.44. The van der Waals surface area contributed by atoms with E-state index < -0.39 is 0 Å². The summed E-state index contributed by atoms with van der Waals surface area (Å²) in [4.78, 5) is 16.3. The first kappa shape index (κ1) is 23.9. The number of hydrogen-bond donors (Lipinski definition) is 3. The molecule has 0 radical (unpaired) electrons. The topological polar surface area (TPSA) is 83.3 Å². The lowest BCUT2D eigenvalue weighted by Crippen LogP contribution is -2.37. The lowest BCUT2D eigenvalue weighted by Gasteiger charge is -2.13. The molecule has 1 unspecified atom stereocenters. The minimum Gasteiger partial charge on any atom is -0.356 e. The SMILES string of the molecule is CCC(C)C(=O)Nc1cccc(CNC(=NC)NCCCn2cccn2)c1.I. The highest BCUT2D eigenvalue weighted by Crippen LogP contribution is 2.13. The Hall–Kier alpha value is -2.10. The molecule has 154 valence electrons. The zero-order valence-electron chi connectivity index (χ0n) is 16.8. The molecule has 3 N–H and O–H groups in total. The molecule has 0 aliphatic rings. The maximum Gasteiger partial charge on any atom is 0.227 e. The van der Waals surface area contributed by atoms with Gasteiger partial charge in [0.15, 0.2) is 5.96 Å². The summed E-state index contributed by atoms with van der Waals surface area (Å²) in [5.74, 6) is 0.818. The number of aryl methyl sites for hydroxylation is 1. The fourth-order valence-corrected chi connectivity index (χ4v) is 2.50. The van der Waals surface area contributed by atoms with E-state index >= 15 is 0 Å². The summed E-state index contributed by atoms with van der Waals surface area (Å²) < 4.78 is 1.91. The largest absolute Gasteiger partial charge is 0.356 e. The molecular weight excluding hydrogens is 467 g/mol. The predicted molar refractivity (Wildman–Crippen MR) is 125 cm³/mol. The normalized spacial score (nSPS) is 12.0. The van der Waals surface area contributed by atoms with Crippen LogP contribution in [0.3, 0.4) is 0 Å². The van der Waals surface area contributed by atoms with E-state index in [0.717, 1.165) is 43.1 Å². The number of aliphatic imine (C=N–C) groups is 1. The van der Waals surface area contributed by atoms with E-state index in [9.17, 15) is 4.79 Å². The Balaban J connectivity index is 0.00000392. The fraction of sp³-hybridized carbons (Fsp3) is 0.450. The molecule has 28 heavy (non-hydrogen) atoms. The molecule has 7 nitrogen and oxygen atoms in total. The van der Waals surface area contributed by atoms with Crippen molar-refractivity contribution in [1.82, 2.24) is 20.4 Å². The highest BCUT2D eigenvalue weighted by molar-refractivity contribution is 14.0. The minimum atomic E-state index is 0. The van der Waals surface area contributed by atoms with Crippen LogP contribution in [-0.4, -0.2) is 35.2 Å². The van der Waals surface area contributed by atoms with Crippen molar-refractivity contribution in [3.63, 3.8) is 0 Å². The van der Waals surface area contributed by atoms with Crippen LogP contribution in [0, 0.1) is 5.92 Å². The van der Waals surface area contributed by atoms with Crippen molar-refractivity contribution in [2.75, 3.05) is 18.9 Å². The van der Waals surface area contributed by atoms with Gasteiger partial charge in [-0.2, -0.15) is 5.10 Å². The number of amides is 1. The Morgan fingerprint density at radius 1 is 1.29 bits per heavy atom. The highest BCUT2D eigenvalue weighted by atomic mass is 127. The number of rotatable bonds is 9. The van der Waals surface area contributed by atoms with Crippen LogP contribution in [0.4, 0.5) is 5.69 Å². The first-order valence-corrected chi connectivity index (χ1v) is 9.44. The molecular formula is C20H31IN6O. The van der Waals surface area contributed by atoms with Crippen LogP contribution in [0.1, 0.15) is 32.3 Å². The quantitative estimate of drug-likeness (QED) is 0.215. The molecule has 0 saturated heterocycles. The van der Waals surface area contributed by atoms with E-state index in [0.29, 0.717) is 6.54 Å². The molecule has 0 spiro atoms. The Kier molecular flexibility index (Phi) is 11.2. The van der Waals surface area contributed by atoms with Gasteiger partial charge in [-0.25, -0.2) is 0 Å². The second-order valence-corrected chi connectivity index (χ2v) is 6.47. The molecule has 1 heterocycles. The van der Waals surface area contributed by atoms with E-state index in [1.54, 1.807) is 13.2 Å². The van der Waals surface area contributed by atoms with E-state index in [4.69, 9.17) is 0 Å². The van der Waals surface area contributed by atoms with Gasteiger partial charge in [-0.3, -0.25) is 14.5 Å². The van der Waals surface area contributed by atoms with Gasteiger partial charge in [-0.15, -0.1) is 24.0 Å². The lowest BCUT2D eigenvalue weighted by molar-refractivity contribution is -0.119. The third-order valence-electron chi connectivity index (χ3n) is 4.35. The number of carbonyl (C=O) groups is 1. The van der Waals surface area contributed by atoms with E-state index in [1.807, 2.05) is 55.1 Å². The number of anilines is 1. The van der Waals surface area contributed by atoms with Crippen molar-refractivity contribution < 1.29 is 4.79 Å². The third-order valence-corrected chi connectivity index (χ3v) is 4.35. The van der Waals surface area contributed by atoms with Crippen molar-refractivity contribution in [1.29, 1.82) is 0 Å². The number of nitrogens with zero attached hydrogens (tertiary/aromatic N) is 3. The summed E-state index contributed by atoms with van der Waals surface area (Å²) >= 11 is 0. The van der Waals surface area contributed by atoms with Crippen LogP contribution in [-0.2, 0) is 17.9 Å². The molecule has 0 fully saturated rings. The second-order valence-electron chi connectivity index (χ2n) is 6.47. The smallest absolute Gasteiger partial charge is 0.227 e. The molecule has 1 amide bonds. The lowest BCUT2D eigenvalue weighted by atomic mass is 10.1. The van der Waals surface area contributed by atoms with E-state index in [1.165, 1.54) is 0 Å². The monoisotopic (exact) mass is 498 g/mol. The van der Waals surface area contributed by atoms with Gasteiger partial charge in [-0.05, 0) is 36.6 Å². The molecule has 2 rings (SSSR count). The standard InChI is InChI=1S/C20H30N6O.HI/c1-4-16(2)19(27)25-18-9-5-8-17(14-18)15-23-20(21-3)22-10-6-12-26-13-7-11-24-26;/h5,7-9,11,13-14,16H,4,6,10,12,15H2,1-3H3,(H,25,27)(H2,21,22,23);1H. The van der Waals surface area contributed by atoms with Crippen molar-refractivity contribution in [2.45, 2.75) is 39.8 Å². The van der Waals surface area contributed by atoms with Crippen molar-refractivity contribution in [3.8, 4) is 0 Å². The van der Waals surface area contributed by atoms with Crippen LogP contribution in [0.2, 0.25) is 0 Å². The Bertz CT molecular complexity index is 732. The zero-order valence-corrected chi connectivity index (χ0v) is 19.1. The number of benzene rings is 1. The maximum absolute atomic E-state index is 12.0. The number of nitrogens with one attached hydrogen (secondary N) is 3. The number of guanidine groups is 1. The Labute approximate surface area is 184 Å². The maximum atomic E-state index is 12.0. The molecule has 0 saturated carbocycles. The van der Waals surface area contributed by atoms with Crippen molar-refractivity contribution in [2.24, 2.45) is 10.9 Å². The Morgan fingerprint density at radius 2 is 2.11 bits per heavy atom. The summed E-state index contributed by atoms with van der Waals surface area (Å²) in [6.45, 7) is 6.26. The Morgan fingerprint density at radius 3 is 2.79 bits per heavy atom. The van der Waals surface area contributed by atoms with Gasteiger partial charge in [0, 0.05) is 50.7 Å². The second kappa shape index (κ2) is 13.1. The number of halogens is 1.